The molecule has 11 aromatic rings. The summed E-state index contributed by atoms with van der Waals surface area (Å²) in [5.74, 6) is 0. The first-order valence-corrected chi connectivity index (χ1v) is 19.2. The van der Waals surface area contributed by atoms with Crippen molar-refractivity contribution >= 4 is 71.3 Å². The second kappa shape index (κ2) is 13.2. The lowest BCUT2D eigenvalue weighted by atomic mass is 9.97. The van der Waals surface area contributed by atoms with Crippen LogP contribution in [0.5, 0.6) is 0 Å². The monoisotopic (exact) mass is 713 g/mol. The molecule has 1 aromatic heterocycles. The van der Waals surface area contributed by atoms with Crippen LogP contribution in [0.3, 0.4) is 0 Å². The van der Waals surface area contributed by atoms with Gasteiger partial charge < -0.3 is 9.32 Å². The Bertz CT molecular complexity index is 3230. The number of benzene rings is 10. The third-order valence-corrected chi connectivity index (χ3v) is 11.2. The smallest absolute Gasteiger partial charge is 0.137 e. The average Bonchev–Trinajstić information content (AvgIpc) is 3.65. The molecule has 0 atom stereocenters. The lowest BCUT2D eigenvalue weighted by molar-refractivity contribution is 0.669. The zero-order valence-corrected chi connectivity index (χ0v) is 30.6. The second-order valence-electron chi connectivity index (χ2n) is 14.5. The van der Waals surface area contributed by atoms with E-state index in [-0.39, 0.29) is 0 Å². The number of anilines is 3. The molecule has 0 N–H and O–H groups in total. The molecule has 56 heavy (non-hydrogen) atoms. The topological polar surface area (TPSA) is 16.4 Å². The Labute approximate surface area is 325 Å². The van der Waals surface area contributed by atoms with Crippen molar-refractivity contribution in [2.75, 3.05) is 4.90 Å². The first-order chi connectivity index (χ1) is 27.7. The van der Waals surface area contributed by atoms with Gasteiger partial charge in [0, 0.05) is 33.9 Å². The van der Waals surface area contributed by atoms with Gasteiger partial charge in [0.2, 0.25) is 0 Å². The highest BCUT2D eigenvalue weighted by molar-refractivity contribution is 6.19. The molecule has 0 aliphatic heterocycles. The third-order valence-electron chi connectivity index (χ3n) is 11.2. The minimum absolute atomic E-state index is 0.870. The van der Waals surface area contributed by atoms with E-state index in [0.717, 1.165) is 39.0 Å². The molecule has 0 spiro atoms. The van der Waals surface area contributed by atoms with Gasteiger partial charge in [-0.1, -0.05) is 152 Å². The summed E-state index contributed by atoms with van der Waals surface area (Å²) in [5.41, 5.74) is 12.2. The van der Waals surface area contributed by atoms with Crippen molar-refractivity contribution in [3.8, 4) is 33.4 Å². The summed E-state index contributed by atoms with van der Waals surface area (Å²) in [4.78, 5) is 2.33. The molecule has 0 aliphatic rings. The lowest BCUT2D eigenvalue weighted by Crippen LogP contribution is -2.09. The van der Waals surface area contributed by atoms with E-state index >= 15 is 0 Å². The molecule has 0 amide bonds. The molecule has 0 saturated heterocycles. The summed E-state index contributed by atoms with van der Waals surface area (Å²) in [6.45, 7) is 0. The van der Waals surface area contributed by atoms with Crippen molar-refractivity contribution in [1.82, 2.24) is 0 Å². The van der Waals surface area contributed by atoms with Crippen molar-refractivity contribution in [3.05, 3.63) is 212 Å². The fourth-order valence-corrected chi connectivity index (χ4v) is 8.43. The molecule has 11 rings (SSSR count). The van der Waals surface area contributed by atoms with Gasteiger partial charge in [-0.15, -0.1) is 0 Å². The summed E-state index contributed by atoms with van der Waals surface area (Å²) in [5, 5.41) is 9.65. The number of fused-ring (bicyclic) bond motifs is 7. The lowest BCUT2D eigenvalue weighted by Gasteiger charge is -2.26. The molecule has 2 nitrogen and oxygen atoms in total. The molecule has 2 heteroatoms. The van der Waals surface area contributed by atoms with Gasteiger partial charge in [0.25, 0.3) is 0 Å². The minimum Gasteiger partial charge on any atom is -0.456 e. The summed E-state index contributed by atoms with van der Waals surface area (Å²) in [6, 6.07) is 76.4. The van der Waals surface area contributed by atoms with Crippen molar-refractivity contribution < 1.29 is 4.42 Å². The molecule has 0 bridgehead atoms. The van der Waals surface area contributed by atoms with Crippen molar-refractivity contribution in [3.63, 3.8) is 0 Å². The largest absolute Gasteiger partial charge is 0.456 e. The fraction of sp³-hybridized carbons (Fsp3) is 0. The molecule has 0 saturated carbocycles. The van der Waals surface area contributed by atoms with Gasteiger partial charge in [-0.05, 0) is 120 Å². The fourth-order valence-electron chi connectivity index (χ4n) is 8.43. The summed E-state index contributed by atoms with van der Waals surface area (Å²) >= 11 is 0. The maximum absolute atomic E-state index is 6.56. The van der Waals surface area contributed by atoms with E-state index in [2.05, 4.69) is 217 Å². The van der Waals surface area contributed by atoms with Crippen LogP contribution in [-0.4, -0.2) is 0 Å². The van der Waals surface area contributed by atoms with Crippen LogP contribution in [-0.2, 0) is 0 Å². The van der Waals surface area contributed by atoms with E-state index in [1.165, 1.54) is 65.7 Å². The van der Waals surface area contributed by atoms with Gasteiger partial charge in [0.1, 0.15) is 11.2 Å². The van der Waals surface area contributed by atoms with Crippen LogP contribution in [0.15, 0.2) is 217 Å². The van der Waals surface area contributed by atoms with Gasteiger partial charge in [-0.25, -0.2) is 0 Å². The maximum Gasteiger partial charge on any atom is 0.137 e. The van der Waals surface area contributed by atoms with Crippen LogP contribution in [0.25, 0.3) is 87.6 Å². The predicted octanol–water partition coefficient (Wildman–Crippen LogP) is 15.5. The summed E-state index contributed by atoms with van der Waals surface area (Å²) in [6.07, 6.45) is 0. The SMILES string of the molecule is c1ccc(-c2ccc3cc(-c4ccc(N(c5ccc(-c6cccc7ccccc67)cc5)c5ccc6c(c5)oc5ccc7ccccc7c56)cc4)ccc3c2)cc1. The molecular weight excluding hydrogens is 679 g/mol. The van der Waals surface area contributed by atoms with Gasteiger partial charge in [0.15, 0.2) is 0 Å². The first kappa shape index (κ1) is 32.0. The van der Waals surface area contributed by atoms with Gasteiger partial charge in [-0.2, -0.15) is 0 Å². The number of hydrogen-bond donors (Lipinski definition) is 0. The Morgan fingerprint density at radius 2 is 0.821 bits per heavy atom. The van der Waals surface area contributed by atoms with E-state index in [9.17, 15) is 0 Å². The molecule has 0 radical (unpaired) electrons. The molecule has 0 aliphatic carbocycles. The highest BCUT2D eigenvalue weighted by Gasteiger charge is 2.17. The normalized spacial score (nSPS) is 11.6. The van der Waals surface area contributed by atoms with Crippen LogP contribution >= 0.6 is 0 Å². The standard InChI is InChI=1S/C54H35NO/c1-2-9-36(10-3-1)41-17-19-44-34-42(18-20-43(44)33-41)37-21-26-45(27-22-37)55(46-28-23-40(24-29-46)49-16-8-13-38-11-4-6-14-48(38)49)47-30-31-51-53(35-47)56-52-32-25-39-12-5-7-15-50(39)54(51)52/h1-35H. The highest BCUT2D eigenvalue weighted by Crippen LogP contribution is 2.42. The zero-order chi connectivity index (χ0) is 37.0. The molecule has 262 valence electrons. The van der Waals surface area contributed by atoms with Crippen molar-refractivity contribution in [1.29, 1.82) is 0 Å². The van der Waals surface area contributed by atoms with E-state index < -0.39 is 0 Å². The Balaban J connectivity index is 0.996. The predicted molar refractivity (Wildman–Crippen MR) is 237 cm³/mol. The Morgan fingerprint density at radius 3 is 1.54 bits per heavy atom. The van der Waals surface area contributed by atoms with Gasteiger partial charge >= 0.3 is 0 Å². The molecule has 10 aromatic carbocycles. The minimum atomic E-state index is 0.870. The summed E-state index contributed by atoms with van der Waals surface area (Å²) in [7, 11) is 0. The van der Waals surface area contributed by atoms with Crippen molar-refractivity contribution in [2.45, 2.75) is 0 Å². The Kier molecular flexibility index (Phi) is 7.53. The second-order valence-corrected chi connectivity index (χ2v) is 14.5. The number of furan rings is 1. The van der Waals surface area contributed by atoms with Gasteiger partial charge in [-0.3, -0.25) is 0 Å². The van der Waals surface area contributed by atoms with Crippen LogP contribution in [0, 0.1) is 0 Å². The van der Waals surface area contributed by atoms with Crippen molar-refractivity contribution in [2.24, 2.45) is 0 Å². The first-order valence-electron chi connectivity index (χ1n) is 19.2. The molecular formula is C54H35NO. The maximum atomic E-state index is 6.56. The number of nitrogens with zero attached hydrogens (tertiary/aromatic N) is 1. The van der Waals surface area contributed by atoms with E-state index in [0.29, 0.717) is 0 Å². The highest BCUT2D eigenvalue weighted by atomic mass is 16.3. The number of rotatable bonds is 6. The average molecular weight is 714 g/mol. The van der Waals surface area contributed by atoms with E-state index in [4.69, 9.17) is 4.42 Å². The van der Waals surface area contributed by atoms with Crippen LogP contribution in [0.1, 0.15) is 0 Å². The quantitative estimate of drug-likeness (QED) is 0.171. The Morgan fingerprint density at radius 1 is 0.286 bits per heavy atom. The molecule has 1 heterocycles. The Hall–Kier alpha value is -7.42. The van der Waals surface area contributed by atoms with E-state index in [1.807, 2.05) is 0 Å². The number of hydrogen-bond acceptors (Lipinski definition) is 2. The zero-order valence-electron chi connectivity index (χ0n) is 30.6. The molecule has 0 fully saturated rings. The van der Waals surface area contributed by atoms with Crippen LogP contribution in [0.2, 0.25) is 0 Å². The van der Waals surface area contributed by atoms with Crippen LogP contribution in [0.4, 0.5) is 17.1 Å². The van der Waals surface area contributed by atoms with Gasteiger partial charge in [0.05, 0.1) is 0 Å². The molecule has 0 unspecified atom stereocenters. The third kappa shape index (κ3) is 5.51. The van der Waals surface area contributed by atoms with E-state index in [1.54, 1.807) is 0 Å². The summed E-state index contributed by atoms with van der Waals surface area (Å²) < 4.78 is 6.56. The van der Waals surface area contributed by atoms with Crippen LogP contribution < -0.4 is 4.90 Å².